The summed E-state index contributed by atoms with van der Waals surface area (Å²) in [5.41, 5.74) is 5.34. The molecule has 70 heavy (non-hydrogen) atoms. The monoisotopic (exact) mass is 956 g/mol. The van der Waals surface area contributed by atoms with Gasteiger partial charge in [0.1, 0.15) is 11.2 Å². The summed E-state index contributed by atoms with van der Waals surface area (Å²) in [6.45, 7) is 13.0. The minimum Gasteiger partial charge on any atom is -0.493 e. The van der Waals surface area contributed by atoms with Gasteiger partial charge in [0.2, 0.25) is 0 Å². The van der Waals surface area contributed by atoms with Gasteiger partial charge in [0.15, 0.2) is 23.0 Å². The van der Waals surface area contributed by atoms with Crippen molar-refractivity contribution in [1.82, 2.24) is 19.6 Å². The molecule has 0 saturated carbocycles. The number of amides is 6. The van der Waals surface area contributed by atoms with Gasteiger partial charge in [-0.05, 0) is 124 Å². The first kappa shape index (κ1) is 50.3. The number of imide groups is 2. The minimum absolute atomic E-state index is 0.123. The lowest BCUT2D eigenvalue weighted by atomic mass is 9.93. The molecule has 4 aliphatic rings. The lowest BCUT2D eigenvalue weighted by Gasteiger charge is -2.30. The van der Waals surface area contributed by atoms with Crippen molar-refractivity contribution in [3.05, 3.63) is 129 Å². The van der Waals surface area contributed by atoms with E-state index in [2.05, 4.69) is 0 Å². The zero-order valence-corrected chi connectivity index (χ0v) is 41.4. The molecule has 0 N–H and O–H groups in total. The normalized spacial score (nSPS) is 15.6. The van der Waals surface area contributed by atoms with Crippen LogP contribution in [0, 0.1) is 0 Å². The zero-order valence-electron chi connectivity index (χ0n) is 41.4. The van der Waals surface area contributed by atoms with Crippen molar-refractivity contribution >= 4 is 47.0 Å². The van der Waals surface area contributed by atoms with Crippen molar-refractivity contribution in [2.75, 3.05) is 54.6 Å². The third-order valence-electron chi connectivity index (χ3n) is 12.0. The Morgan fingerprint density at radius 3 is 1.16 bits per heavy atom. The van der Waals surface area contributed by atoms with Gasteiger partial charge in [0.05, 0.1) is 63.8 Å². The quantitative estimate of drug-likeness (QED) is 0.138. The maximum atomic E-state index is 13.4. The molecule has 0 fully saturated rings. The molecule has 4 aliphatic heterocycles. The molecule has 0 aromatic heterocycles. The molecule has 0 atom stereocenters. The van der Waals surface area contributed by atoms with Crippen molar-refractivity contribution in [3.8, 4) is 23.0 Å². The second kappa shape index (κ2) is 20.5. The number of rotatable bonds is 10. The molecule has 8 rings (SSSR count). The molecule has 6 amide bonds. The van der Waals surface area contributed by atoms with Gasteiger partial charge in [0, 0.05) is 26.2 Å². The van der Waals surface area contributed by atoms with Gasteiger partial charge in [-0.2, -0.15) is 0 Å². The molecule has 4 aromatic carbocycles. The molecule has 0 aliphatic carbocycles. The summed E-state index contributed by atoms with van der Waals surface area (Å²) in [5, 5.41) is 0. The maximum Gasteiger partial charge on any atom is 0.410 e. The largest absolute Gasteiger partial charge is 0.493 e. The van der Waals surface area contributed by atoms with E-state index in [0.717, 1.165) is 33.4 Å². The molecule has 16 heteroatoms. The first-order valence-electron chi connectivity index (χ1n) is 23.0. The van der Waals surface area contributed by atoms with Crippen LogP contribution in [0.4, 0.5) is 9.59 Å². The van der Waals surface area contributed by atoms with Crippen LogP contribution >= 0.6 is 0 Å². The number of methoxy groups -OCH3 is 4. The van der Waals surface area contributed by atoms with E-state index < -0.39 is 11.2 Å². The Bertz CT molecular complexity index is 2610. The van der Waals surface area contributed by atoms with Crippen LogP contribution in [0.2, 0.25) is 0 Å². The smallest absolute Gasteiger partial charge is 0.410 e. The number of hydrogen-bond donors (Lipinski definition) is 0. The fourth-order valence-corrected chi connectivity index (χ4v) is 8.62. The topological polar surface area (TPSA) is 171 Å². The van der Waals surface area contributed by atoms with E-state index in [4.69, 9.17) is 28.4 Å². The summed E-state index contributed by atoms with van der Waals surface area (Å²) in [7, 11) is 6.18. The first-order chi connectivity index (χ1) is 33.2. The number of ether oxygens (including phenoxy) is 6. The van der Waals surface area contributed by atoms with Crippen molar-refractivity contribution in [2.45, 2.75) is 78.7 Å². The van der Waals surface area contributed by atoms with E-state index in [-0.39, 0.29) is 48.9 Å². The first-order valence-corrected chi connectivity index (χ1v) is 23.0. The molecule has 0 unspecified atom stereocenters. The zero-order chi connectivity index (χ0) is 50.7. The lowest BCUT2D eigenvalue weighted by Crippen LogP contribution is -2.39. The average Bonchev–Trinajstić information content (AvgIpc) is 3.73. The van der Waals surface area contributed by atoms with Crippen LogP contribution in [0.15, 0.2) is 84.9 Å². The summed E-state index contributed by atoms with van der Waals surface area (Å²) >= 11 is 0. The van der Waals surface area contributed by atoms with E-state index in [1.54, 1.807) is 84.7 Å². The number of fused-ring (bicyclic) bond motifs is 2. The van der Waals surface area contributed by atoms with E-state index >= 15 is 0 Å². The molecule has 0 saturated heterocycles. The summed E-state index contributed by atoms with van der Waals surface area (Å²) in [6, 6.07) is 21.3. The molecule has 0 radical (unpaired) electrons. The minimum atomic E-state index is -0.564. The van der Waals surface area contributed by atoms with Crippen molar-refractivity contribution < 1.29 is 57.2 Å². The molecular weight excluding hydrogens is 897 g/mol. The number of hydrogen-bond acceptors (Lipinski definition) is 12. The van der Waals surface area contributed by atoms with Gasteiger partial charge >= 0.3 is 12.2 Å². The van der Waals surface area contributed by atoms with Crippen LogP contribution in [0.25, 0.3) is 11.1 Å². The molecule has 4 heterocycles. The standard InChI is InChI=1S/2C27H30N2O6/c2*1-27(2,3)35-26(32)28-13-11-18(12-14-28)19-7-6-8-20-23(19)25(31)29(24(20)30)16-17-9-10-21(33-4)22(15-17)34-5/h2*6-11,15H,12-14,16H2,1-5H3. The Morgan fingerprint density at radius 1 is 0.486 bits per heavy atom. The Labute approximate surface area is 408 Å². The number of carbonyl (C=O) groups excluding carboxylic acids is 6. The number of nitrogens with zero attached hydrogens (tertiary/aromatic N) is 4. The van der Waals surface area contributed by atoms with Crippen LogP contribution in [-0.4, -0.2) is 121 Å². The van der Waals surface area contributed by atoms with E-state index in [9.17, 15) is 28.8 Å². The highest BCUT2D eigenvalue weighted by Gasteiger charge is 2.40. The number of benzene rings is 4. The van der Waals surface area contributed by atoms with Gasteiger partial charge in [-0.3, -0.25) is 29.0 Å². The number of carbonyl (C=O) groups is 6. The SMILES string of the molecule is COc1ccc(CN2C(=O)c3cccc(C4=CCN(C(=O)OC(C)(C)C)CC4)c3C2=O)cc1OC.COc1ccc(CN2C(=O)c3cccc(C4=CCN(C(=O)OC(C)(C)C)CC4)c3C2=O)cc1OC. The van der Waals surface area contributed by atoms with Crippen molar-refractivity contribution in [3.63, 3.8) is 0 Å². The van der Waals surface area contributed by atoms with E-state index in [1.807, 2.05) is 65.8 Å². The second-order valence-corrected chi connectivity index (χ2v) is 19.0. The molecule has 16 nitrogen and oxygen atoms in total. The third-order valence-corrected chi connectivity index (χ3v) is 12.0. The van der Waals surface area contributed by atoms with Crippen LogP contribution in [0.3, 0.4) is 0 Å². The van der Waals surface area contributed by atoms with Gasteiger partial charge in [-0.15, -0.1) is 0 Å². The van der Waals surface area contributed by atoms with Crippen molar-refractivity contribution in [1.29, 1.82) is 0 Å². The highest BCUT2D eigenvalue weighted by Crippen LogP contribution is 2.37. The van der Waals surface area contributed by atoms with Crippen LogP contribution in [-0.2, 0) is 22.6 Å². The molecular formula is C54H60N4O12. The van der Waals surface area contributed by atoms with E-state index in [1.165, 1.54) is 24.0 Å². The van der Waals surface area contributed by atoms with Crippen LogP contribution < -0.4 is 18.9 Å². The fourth-order valence-electron chi connectivity index (χ4n) is 8.62. The highest BCUT2D eigenvalue weighted by molar-refractivity contribution is 6.24. The van der Waals surface area contributed by atoms with Crippen molar-refractivity contribution in [2.24, 2.45) is 0 Å². The Hall–Kier alpha value is -7.62. The summed E-state index contributed by atoms with van der Waals surface area (Å²) < 4.78 is 32.2. The lowest BCUT2D eigenvalue weighted by molar-refractivity contribution is 0.0260. The van der Waals surface area contributed by atoms with Crippen LogP contribution in [0.1, 0.15) is 118 Å². The summed E-state index contributed by atoms with van der Waals surface area (Å²) in [6.07, 6.45) is 4.26. The molecule has 0 bridgehead atoms. The predicted molar refractivity (Wildman–Crippen MR) is 261 cm³/mol. The Morgan fingerprint density at radius 2 is 0.843 bits per heavy atom. The fraction of sp³-hybridized carbons (Fsp3) is 0.370. The molecule has 0 spiro atoms. The maximum absolute atomic E-state index is 13.4. The Kier molecular flexibility index (Phi) is 14.7. The second-order valence-electron chi connectivity index (χ2n) is 19.0. The predicted octanol–water partition coefficient (Wildman–Crippen LogP) is 9.05. The van der Waals surface area contributed by atoms with Crippen LogP contribution in [0.5, 0.6) is 23.0 Å². The van der Waals surface area contributed by atoms with Gasteiger partial charge in [-0.1, -0.05) is 48.6 Å². The summed E-state index contributed by atoms with van der Waals surface area (Å²) in [4.78, 5) is 83.7. The van der Waals surface area contributed by atoms with E-state index in [0.29, 0.717) is 84.3 Å². The van der Waals surface area contributed by atoms with Gasteiger partial charge < -0.3 is 38.2 Å². The Balaban J connectivity index is 0.000000206. The molecule has 368 valence electrons. The summed E-state index contributed by atoms with van der Waals surface area (Å²) in [5.74, 6) is 0.906. The highest BCUT2D eigenvalue weighted by atomic mass is 16.6. The average molecular weight is 957 g/mol. The molecule has 4 aromatic rings. The van der Waals surface area contributed by atoms with Gasteiger partial charge in [0.25, 0.3) is 23.6 Å². The van der Waals surface area contributed by atoms with Gasteiger partial charge in [-0.25, -0.2) is 9.59 Å². The third kappa shape index (κ3) is 10.8.